The topological polar surface area (TPSA) is 65.1 Å². The molecule has 1 aromatic rings. The molecule has 2 amide bonds. The fourth-order valence-electron chi connectivity index (χ4n) is 6.31. The minimum absolute atomic E-state index is 0. The van der Waals surface area contributed by atoms with Gasteiger partial charge < -0.3 is 19.9 Å². The molecule has 39 heavy (non-hydrogen) atoms. The standard InChI is InChI=1S/C30H48N4O3.2ClH/c1-4-5-17-34-28(35)27(22-24-9-7-6-8-10-24)31-29(36)30(34)15-18-33(19-16-30)23-25-11-13-26(14-12-25)37-21-20-32(2)3;;/h11-14,24,27H,4-10,15-23H2,1-3H3,(H,31,36);2*1H. The van der Waals surface area contributed by atoms with Crippen LogP contribution in [-0.4, -0.2) is 85.0 Å². The normalized spacial score (nSPS) is 21.8. The highest BCUT2D eigenvalue weighted by Crippen LogP contribution is 2.36. The minimum Gasteiger partial charge on any atom is -0.492 e. The molecule has 0 aromatic heterocycles. The van der Waals surface area contributed by atoms with Crippen LogP contribution in [0.1, 0.15) is 76.7 Å². The van der Waals surface area contributed by atoms with Gasteiger partial charge in [0.2, 0.25) is 11.8 Å². The first-order chi connectivity index (χ1) is 17.9. The zero-order valence-corrected chi connectivity index (χ0v) is 25.8. The van der Waals surface area contributed by atoms with Crippen LogP contribution in [0.3, 0.4) is 0 Å². The summed E-state index contributed by atoms with van der Waals surface area (Å²) in [5, 5.41) is 3.21. The zero-order chi connectivity index (χ0) is 26.3. The van der Waals surface area contributed by atoms with Crippen molar-refractivity contribution in [2.24, 2.45) is 5.92 Å². The maximum atomic E-state index is 13.7. The number of ether oxygens (including phenoxy) is 1. The number of halogens is 2. The van der Waals surface area contributed by atoms with E-state index < -0.39 is 5.54 Å². The predicted molar refractivity (Wildman–Crippen MR) is 162 cm³/mol. The molecule has 1 N–H and O–H groups in total. The number of rotatable bonds is 11. The maximum Gasteiger partial charge on any atom is 0.246 e. The minimum atomic E-state index is -0.685. The lowest BCUT2D eigenvalue weighted by Gasteiger charge is -2.52. The van der Waals surface area contributed by atoms with Crippen molar-refractivity contribution >= 4 is 36.6 Å². The van der Waals surface area contributed by atoms with Crippen LogP contribution in [0, 0.1) is 5.92 Å². The first-order valence-electron chi connectivity index (χ1n) is 14.6. The van der Waals surface area contributed by atoms with Gasteiger partial charge in [0.1, 0.15) is 23.9 Å². The van der Waals surface area contributed by atoms with Crippen LogP contribution in [0.4, 0.5) is 0 Å². The van der Waals surface area contributed by atoms with E-state index in [0.717, 1.165) is 51.2 Å². The molecule has 1 aromatic carbocycles. The molecule has 0 bridgehead atoms. The van der Waals surface area contributed by atoms with Gasteiger partial charge in [-0.15, -0.1) is 24.8 Å². The number of piperazine rings is 1. The highest BCUT2D eigenvalue weighted by Gasteiger charge is 2.53. The maximum absolute atomic E-state index is 13.7. The lowest BCUT2D eigenvalue weighted by atomic mass is 9.79. The molecule has 7 nitrogen and oxygen atoms in total. The molecular formula is C30H50Cl2N4O3. The van der Waals surface area contributed by atoms with E-state index in [1.807, 2.05) is 31.1 Å². The zero-order valence-electron chi connectivity index (χ0n) is 24.2. The molecule has 1 unspecified atom stereocenters. The lowest BCUT2D eigenvalue weighted by Crippen LogP contribution is -2.73. The number of hydrogen-bond acceptors (Lipinski definition) is 5. The van der Waals surface area contributed by atoms with Crippen LogP contribution in [0.15, 0.2) is 24.3 Å². The smallest absolute Gasteiger partial charge is 0.246 e. The van der Waals surface area contributed by atoms with E-state index in [9.17, 15) is 9.59 Å². The highest BCUT2D eigenvalue weighted by atomic mass is 35.5. The molecule has 3 fully saturated rings. The van der Waals surface area contributed by atoms with Crippen molar-refractivity contribution in [3.8, 4) is 5.75 Å². The van der Waals surface area contributed by atoms with Crippen LogP contribution >= 0.6 is 24.8 Å². The Morgan fingerprint density at radius 3 is 2.31 bits per heavy atom. The Hall–Kier alpha value is -1.54. The van der Waals surface area contributed by atoms with Gasteiger partial charge in [0.25, 0.3) is 0 Å². The number of unbranched alkanes of at least 4 members (excludes halogenated alkanes) is 1. The monoisotopic (exact) mass is 584 g/mol. The van der Waals surface area contributed by atoms with Crippen LogP contribution in [0.5, 0.6) is 5.75 Å². The molecule has 222 valence electrons. The SMILES string of the molecule is CCCCN1C(=O)C(CC2CCCCC2)NC(=O)C12CCN(Cc1ccc(OCCN(C)C)cc1)CC2.Cl.Cl. The van der Waals surface area contributed by atoms with Gasteiger partial charge in [0.05, 0.1) is 0 Å². The number of carbonyl (C=O) groups is 2. The number of amides is 2. The van der Waals surface area contributed by atoms with Gasteiger partial charge in [0, 0.05) is 32.7 Å². The average molecular weight is 586 g/mol. The second-order valence-corrected chi connectivity index (χ2v) is 11.7. The summed E-state index contributed by atoms with van der Waals surface area (Å²) in [5.41, 5.74) is 0.561. The van der Waals surface area contributed by atoms with Gasteiger partial charge >= 0.3 is 0 Å². The summed E-state index contributed by atoms with van der Waals surface area (Å²) >= 11 is 0. The van der Waals surface area contributed by atoms with Crippen LogP contribution in [0.2, 0.25) is 0 Å². The van der Waals surface area contributed by atoms with Crippen LogP contribution < -0.4 is 10.1 Å². The van der Waals surface area contributed by atoms with Gasteiger partial charge in [-0.3, -0.25) is 14.5 Å². The Balaban J connectivity index is 0.00000267. The number of nitrogens with one attached hydrogen (secondary N) is 1. The molecule has 2 saturated heterocycles. The predicted octanol–water partition coefficient (Wildman–Crippen LogP) is 4.90. The molecule has 2 heterocycles. The average Bonchev–Trinajstić information content (AvgIpc) is 2.90. The van der Waals surface area contributed by atoms with Gasteiger partial charge in [-0.2, -0.15) is 0 Å². The second kappa shape index (κ2) is 16.0. The van der Waals surface area contributed by atoms with E-state index in [4.69, 9.17) is 4.74 Å². The quantitative estimate of drug-likeness (QED) is 0.400. The van der Waals surface area contributed by atoms with E-state index in [0.29, 0.717) is 31.9 Å². The van der Waals surface area contributed by atoms with Crippen molar-refractivity contribution < 1.29 is 14.3 Å². The molecule has 4 rings (SSSR count). The fraction of sp³-hybridized carbons (Fsp3) is 0.733. The molecule has 0 radical (unpaired) electrons. The third-order valence-corrected chi connectivity index (χ3v) is 8.66. The molecule has 1 atom stereocenters. The number of hydrogen-bond donors (Lipinski definition) is 1. The van der Waals surface area contributed by atoms with E-state index >= 15 is 0 Å². The van der Waals surface area contributed by atoms with E-state index in [-0.39, 0.29) is 42.7 Å². The molecule has 2 aliphatic heterocycles. The Bertz CT molecular complexity index is 885. The third-order valence-electron chi connectivity index (χ3n) is 8.66. The Labute approximate surface area is 248 Å². The summed E-state index contributed by atoms with van der Waals surface area (Å²) in [4.78, 5) is 33.9. The van der Waals surface area contributed by atoms with Crippen LogP contribution in [-0.2, 0) is 16.1 Å². The van der Waals surface area contributed by atoms with Crippen molar-refractivity contribution in [3.05, 3.63) is 29.8 Å². The molecule has 9 heteroatoms. The van der Waals surface area contributed by atoms with Gasteiger partial charge in [-0.1, -0.05) is 57.6 Å². The Kier molecular flexibility index (Phi) is 13.8. The van der Waals surface area contributed by atoms with Gasteiger partial charge in [-0.05, 0) is 63.4 Å². The van der Waals surface area contributed by atoms with E-state index in [1.165, 1.54) is 37.7 Å². The number of likely N-dealkylation sites (N-methyl/N-ethyl adjacent to an activating group) is 1. The van der Waals surface area contributed by atoms with Gasteiger partial charge in [0.15, 0.2) is 0 Å². The summed E-state index contributed by atoms with van der Waals surface area (Å²) in [6.45, 7) is 6.90. The lowest BCUT2D eigenvalue weighted by molar-refractivity contribution is -0.162. The summed E-state index contributed by atoms with van der Waals surface area (Å²) in [6, 6.07) is 8.02. The number of benzene rings is 1. The molecule has 1 saturated carbocycles. The highest BCUT2D eigenvalue weighted by molar-refractivity contribution is 6.00. The number of nitrogens with zero attached hydrogens (tertiary/aromatic N) is 3. The number of carbonyl (C=O) groups excluding carboxylic acids is 2. The first-order valence-corrected chi connectivity index (χ1v) is 14.6. The first kappa shape index (κ1) is 33.7. The fourth-order valence-corrected chi connectivity index (χ4v) is 6.31. The van der Waals surface area contributed by atoms with E-state index in [1.54, 1.807) is 0 Å². The second-order valence-electron chi connectivity index (χ2n) is 11.7. The van der Waals surface area contributed by atoms with Crippen LogP contribution in [0.25, 0.3) is 0 Å². The largest absolute Gasteiger partial charge is 0.492 e. The van der Waals surface area contributed by atoms with Crippen molar-refractivity contribution in [1.82, 2.24) is 20.0 Å². The van der Waals surface area contributed by atoms with Crippen molar-refractivity contribution in [2.75, 3.05) is 46.9 Å². The van der Waals surface area contributed by atoms with Crippen molar-refractivity contribution in [2.45, 2.75) is 89.3 Å². The third kappa shape index (κ3) is 8.72. The summed E-state index contributed by atoms with van der Waals surface area (Å²) in [7, 11) is 4.09. The van der Waals surface area contributed by atoms with E-state index in [2.05, 4.69) is 34.2 Å². The molecule has 1 aliphatic carbocycles. The molecule has 3 aliphatic rings. The van der Waals surface area contributed by atoms with Gasteiger partial charge in [-0.25, -0.2) is 0 Å². The molecular weight excluding hydrogens is 535 g/mol. The van der Waals surface area contributed by atoms with Crippen molar-refractivity contribution in [3.63, 3.8) is 0 Å². The van der Waals surface area contributed by atoms with Crippen molar-refractivity contribution in [1.29, 1.82) is 0 Å². The number of likely N-dealkylation sites (tertiary alicyclic amines) is 1. The number of piperidine rings is 1. The Morgan fingerprint density at radius 1 is 1.03 bits per heavy atom. The summed E-state index contributed by atoms with van der Waals surface area (Å²) in [6.07, 6.45) is 10.4. The summed E-state index contributed by atoms with van der Waals surface area (Å²) in [5.74, 6) is 1.71. The summed E-state index contributed by atoms with van der Waals surface area (Å²) < 4.78 is 5.82. The molecule has 1 spiro atoms. The Morgan fingerprint density at radius 2 is 1.69 bits per heavy atom.